The number of rotatable bonds is 9. The van der Waals surface area contributed by atoms with Crippen molar-refractivity contribution in [3.63, 3.8) is 0 Å². The molecule has 0 unspecified atom stereocenters. The molecule has 0 aliphatic rings. The van der Waals surface area contributed by atoms with Crippen molar-refractivity contribution in [3.8, 4) is 16.9 Å². The van der Waals surface area contributed by atoms with Gasteiger partial charge >= 0.3 is 12.1 Å². The van der Waals surface area contributed by atoms with Crippen molar-refractivity contribution in [1.82, 2.24) is 0 Å². The highest BCUT2D eigenvalue weighted by Crippen LogP contribution is 2.36. The molecular formula is C30H25F3O3S. The minimum atomic E-state index is -4.36. The molecule has 0 saturated carbocycles. The van der Waals surface area contributed by atoms with E-state index in [9.17, 15) is 18.0 Å². The molecule has 0 aromatic heterocycles. The molecule has 0 radical (unpaired) electrons. The number of carboxylic acid groups (broad SMARTS) is 1. The van der Waals surface area contributed by atoms with Crippen LogP contribution >= 0.6 is 11.8 Å². The first-order chi connectivity index (χ1) is 17.7. The average Bonchev–Trinajstić information content (AvgIpc) is 2.87. The van der Waals surface area contributed by atoms with E-state index in [-0.39, 0.29) is 6.42 Å². The van der Waals surface area contributed by atoms with Gasteiger partial charge in [-0.1, -0.05) is 54.2 Å². The molecule has 0 amide bonds. The van der Waals surface area contributed by atoms with Crippen molar-refractivity contribution in [3.05, 3.63) is 113 Å². The molecule has 37 heavy (non-hydrogen) atoms. The van der Waals surface area contributed by atoms with Gasteiger partial charge in [-0.3, -0.25) is 4.79 Å². The van der Waals surface area contributed by atoms with Gasteiger partial charge in [0, 0.05) is 16.2 Å². The van der Waals surface area contributed by atoms with E-state index >= 15 is 0 Å². The van der Waals surface area contributed by atoms with Gasteiger partial charge in [0.05, 0.1) is 5.56 Å². The fourth-order valence-electron chi connectivity index (χ4n) is 3.92. The highest BCUT2D eigenvalue weighted by atomic mass is 32.2. The van der Waals surface area contributed by atoms with E-state index in [1.807, 2.05) is 73.7 Å². The quantitative estimate of drug-likeness (QED) is 0.240. The molecule has 0 atom stereocenters. The van der Waals surface area contributed by atoms with Crippen LogP contribution in [-0.2, 0) is 24.0 Å². The summed E-state index contributed by atoms with van der Waals surface area (Å²) < 4.78 is 44.8. The van der Waals surface area contributed by atoms with E-state index in [0.29, 0.717) is 18.8 Å². The summed E-state index contributed by atoms with van der Waals surface area (Å²) in [4.78, 5) is 12.5. The zero-order valence-electron chi connectivity index (χ0n) is 20.1. The summed E-state index contributed by atoms with van der Waals surface area (Å²) in [6, 6.07) is 26.6. The Kier molecular flexibility index (Phi) is 8.24. The maximum Gasteiger partial charge on any atom is 0.416 e. The summed E-state index contributed by atoms with van der Waals surface area (Å²) in [7, 11) is 0. The molecule has 7 heteroatoms. The monoisotopic (exact) mass is 522 g/mol. The van der Waals surface area contributed by atoms with Gasteiger partial charge in [-0.2, -0.15) is 13.2 Å². The highest BCUT2D eigenvalue weighted by molar-refractivity contribution is 7.99. The molecule has 0 saturated heterocycles. The lowest BCUT2D eigenvalue weighted by Gasteiger charge is -2.15. The largest absolute Gasteiger partial charge is 0.489 e. The number of alkyl halides is 3. The van der Waals surface area contributed by atoms with Gasteiger partial charge < -0.3 is 9.84 Å². The minimum Gasteiger partial charge on any atom is -0.489 e. The summed E-state index contributed by atoms with van der Waals surface area (Å²) in [5.41, 5.74) is 4.24. The topological polar surface area (TPSA) is 46.5 Å². The average molecular weight is 523 g/mol. The van der Waals surface area contributed by atoms with Gasteiger partial charge in [-0.05, 0) is 89.7 Å². The first-order valence-corrected chi connectivity index (χ1v) is 12.5. The molecule has 0 heterocycles. The van der Waals surface area contributed by atoms with Crippen LogP contribution in [0.3, 0.4) is 0 Å². The second-order valence-electron chi connectivity index (χ2n) is 8.58. The van der Waals surface area contributed by atoms with Crippen LogP contribution in [0.15, 0.2) is 101 Å². The van der Waals surface area contributed by atoms with Crippen LogP contribution in [0.2, 0.25) is 0 Å². The van der Waals surface area contributed by atoms with E-state index in [2.05, 4.69) is 0 Å². The van der Waals surface area contributed by atoms with Crippen LogP contribution in [0.5, 0.6) is 5.75 Å². The van der Waals surface area contributed by atoms with Crippen molar-refractivity contribution >= 4 is 17.7 Å². The lowest BCUT2D eigenvalue weighted by molar-refractivity contribution is -0.138. The zero-order chi connectivity index (χ0) is 26.4. The molecule has 0 aliphatic heterocycles. The molecule has 3 nitrogen and oxygen atoms in total. The van der Waals surface area contributed by atoms with Crippen LogP contribution < -0.4 is 4.74 Å². The number of aliphatic carboxylic acids is 1. The lowest BCUT2D eigenvalue weighted by Crippen LogP contribution is -2.03. The Morgan fingerprint density at radius 2 is 1.54 bits per heavy atom. The normalized spacial score (nSPS) is 11.4. The second kappa shape index (κ2) is 11.6. The lowest BCUT2D eigenvalue weighted by atomic mass is 10.00. The number of carbonyl (C=O) groups is 1. The van der Waals surface area contributed by atoms with E-state index in [0.717, 1.165) is 49.7 Å². The van der Waals surface area contributed by atoms with Gasteiger partial charge in [0.25, 0.3) is 0 Å². The van der Waals surface area contributed by atoms with Crippen LogP contribution in [0.25, 0.3) is 11.1 Å². The Morgan fingerprint density at radius 3 is 2.19 bits per heavy atom. The predicted molar refractivity (Wildman–Crippen MR) is 139 cm³/mol. The Morgan fingerprint density at radius 1 is 0.865 bits per heavy atom. The molecule has 4 rings (SSSR count). The highest BCUT2D eigenvalue weighted by Gasteiger charge is 2.29. The third-order valence-corrected chi connectivity index (χ3v) is 6.90. The van der Waals surface area contributed by atoms with Crippen molar-refractivity contribution < 1.29 is 27.8 Å². The molecule has 0 fully saturated rings. The zero-order valence-corrected chi connectivity index (χ0v) is 20.9. The van der Waals surface area contributed by atoms with Crippen LogP contribution in [0.4, 0.5) is 13.2 Å². The first kappa shape index (κ1) is 26.4. The van der Waals surface area contributed by atoms with E-state index < -0.39 is 17.7 Å². The standard InChI is InChI=1S/C30H25F3O3S/c1-20-17-25(12-7-21(20)9-16-29(34)35)36-19-23-8-13-27(18-28(23)22-5-3-2-4-6-22)37-26-14-10-24(11-15-26)30(31,32)33/h2-8,10-15,17-18H,9,16,19H2,1H3,(H,34,35). The Balaban J connectivity index is 1.54. The van der Waals surface area contributed by atoms with Gasteiger partial charge in [-0.15, -0.1) is 0 Å². The van der Waals surface area contributed by atoms with Crippen LogP contribution in [-0.4, -0.2) is 11.1 Å². The Hall–Kier alpha value is -3.71. The van der Waals surface area contributed by atoms with Crippen LogP contribution in [0, 0.1) is 6.92 Å². The summed E-state index contributed by atoms with van der Waals surface area (Å²) in [6.45, 7) is 2.26. The molecule has 0 aliphatic carbocycles. The van der Waals surface area contributed by atoms with Crippen LogP contribution in [0.1, 0.15) is 28.7 Å². The van der Waals surface area contributed by atoms with Gasteiger partial charge in [0.2, 0.25) is 0 Å². The summed E-state index contributed by atoms with van der Waals surface area (Å²) in [6.07, 6.45) is -3.81. The smallest absolute Gasteiger partial charge is 0.416 e. The second-order valence-corrected chi connectivity index (χ2v) is 9.73. The molecule has 190 valence electrons. The van der Waals surface area contributed by atoms with Crippen molar-refractivity contribution in [1.29, 1.82) is 0 Å². The third-order valence-electron chi connectivity index (χ3n) is 5.90. The number of ether oxygens (including phenoxy) is 1. The number of carboxylic acids is 1. The third kappa shape index (κ3) is 7.17. The predicted octanol–water partition coefficient (Wildman–Crippen LogP) is 8.43. The molecule has 0 spiro atoms. The maximum atomic E-state index is 12.9. The fraction of sp³-hybridized carbons (Fsp3) is 0.167. The summed E-state index contributed by atoms with van der Waals surface area (Å²) in [5.74, 6) is -0.133. The van der Waals surface area contributed by atoms with Crippen molar-refractivity contribution in [2.45, 2.75) is 42.3 Å². The molecule has 0 bridgehead atoms. The van der Waals surface area contributed by atoms with E-state index in [1.165, 1.54) is 23.9 Å². The number of hydrogen-bond acceptors (Lipinski definition) is 3. The van der Waals surface area contributed by atoms with E-state index in [4.69, 9.17) is 9.84 Å². The fourth-order valence-corrected chi connectivity index (χ4v) is 4.78. The maximum absolute atomic E-state index is 12.9. The Bertz CT molecular complexity index is 1370. The summed E-state index contributed by atoms with van der Waals surface area (Å²) >= 11 is 1.40. The first-order valence-electron chi connectivity index (χ1n) is 11.7. The van der Waals surface area contributed by atoms with Gasteiger partial charge in [-0.25, -0.2) is 0 Å². The minimum absolute atomic E-state index is 0.0817. The van der Waals surface area contributed by atoms with E-state index in [1.54, 1.807) is 0 Å². The number of benzene rings is 4. The van der Waals surface area contributed by atoms with Crippen molar-refractivity contribution in [2.24, 2.45) is 0 Å². The molecule has 1 N–H and O–H groups in total. The number of aryl methyl sites for hydroxylation is 2. The van der Waals surface area contributed by atoms with Gasteiger partial charge in [0.1, 0.15) is 12.4 Å². The van der Waals surface area contributed by atoms with Crippen molar-refractivity contribution in [2.75, 3.05) is 0 Å². The number of hydrogen-bond donors (Lipinski definition) is 1. The number of halogens is 3. The Labute approximate surface area is 217 Å². The molecular weight excluding hydrogens is 497 g/mol. The van der Waals surface area contributed by atoms with Gasteiger partial charge in [0.15, 0.2) is 0 Å². The SMILES string of the molecule is Cc1cc(OCc2ccc(Sc3ccc(C(F)(F)F)cc3)cc2-c2ccccc2)ccc1CCC(=O)O. The molecule has 4 aromatic rings. The summed E-state index contributed by atoms with van der Waals surface area (Å²) in [5, 5.41) is 8.93. The molecule has 4 aromatic carbocycles.